The van der Waals surface area contributed by atoms with Gasteiger partial charge in [-0.05, 0) is 22.9 Å². The SMILES string of the molecule is Cc1noc(CNc2cc(F)c(Br)cc2[N+](=O)[O-])n1. The van der Waals surface area contributed by atoms with Gasteiger partial charge in [0.05, 0.1) is 15.9 Å². The number of rotatable bonds is 4. The summed E-state index contributed by atoms with van der Waals surface area (Å²) in [5, 5.41) is 17.1. The third-order valence-corrected chi connectivity index (χ3v) is 2.84. The summed E-state index contributed by atoms with van der Waals surface area (Å²) < 4.78 is 18.3. The highest BCUT2D eigenvalue weighted by Gasteiger charge is 2.18. The molecule has 2 aromatic rings. The number of anilines is 1. The fourth-order valence-corrected chi connectivity index (χ4v) is 1.74. The van der Waals surface area contributed by atoms with E-state index in [1.165, 1.54) is 0 Å². The van der Waals surface area contributed by atoms with Crippen molar-refractivity contribution in [1.82, 2.24) is 10.1 Å². The van der Waals surface area contributed by atoms with E-state index < -0.39 is 10.7 Å². The minimum atomic E-state index is -0.606. The molecule has 0 aliphatic rings. The summed E-state index contributed by atoms with van der Waals surface area (Å²) in [5.74, 6) is 0.109. The molecule has 0 aliphatic carbocycles. The molecule has 1 N–H and O–H groups in total. The molecule has 0 amide bonds. The molecule has 100 valence electrons. The fourth-order valence-electron chi connectivity index (χ4n) is 1.41. The molecule has 19 heavy (non-hydrogen) atoms. The van der Waals surface area contributed by atoms with Crippen molar-refractivity contribution in [2.45, 2.75) is 13.5 Å². The molecule has 0 atom stereocenters. The Labute approximate surface area is 115 Å². The summed E-state index contributed by atoms with van der Waals surface area (Å²) in [6.45, 7) is 1.72. The number of benzene rings is 1. The summed E-state index contributed by atoms with van der Waals surface area (Å²) in [5.41, 5.74) is -0.203. The first-order chi connectivity index (χ1) is 8.97. The third-order valence-electron chi connectivity index (χ3n) is 2.24. The molecular formula is C10H8BrFN4O3. The molecule has 0 radical (unpaired) electrons. The smallest absolute Gasteiger partial charge is 0.293 e. The van der Waals surface area contributed by atoms with Crippen molar-refractivity contribution < 1.29 is 13.8 Å². The maximum absolute atomic E-state index is 13.4. The number of hydrogen-bond donors (Lipinski definition) is 1. The second kappa shape index (κ2) is 5.31. The summed E-state index contributed by atoms with van der Waals surface area (Å²) in [7, 11) is 0. The molecule has 0 fully saturated rings. The van der Waals surface area contributed by atoms with Crippen LogP contribution in [0.15, 0.2) is 21.1 Å². The largest absolute Gasteiger partial charge is 0.370 e. The summed E-state index contributed by atoms with van der Waals surface area (Å²) in [4.78, 5) is 14.2. The number of hydrogen-bond acceptors (Lipinski definition) is 6. The highest BCUT2D eigenvalue weighted by atomic mass is 79.9. The lowest BCUT2D eigenvalue weighted by molar-refractivity contribution is -0.384. The van der Waals surface area contributed by atoms with Gasteiger partial charge in [-0.25, -0.2) is 4.39 Å². The van der Waals surface area contributed by atoms with Gasteiger partial charge in [0.1, 0.15) is 11.5 Å². The predicted octanol–water partition coefficient (Wildman–Crippen LogP) is 2.80. The van der Waals surface area contributed by atoms with Gasteiger partial charge in [0.25, 0.3) is 5.69 Å². The van der Waals surface area contributed by atoms with Crippen molar-refractivity contribution in [2.24, 2.45) is 0 Å². The minimum absolute atomic E-state index is 0.0263. The highest BCUT2D eigenvalue weighted by molar-refractivity contribution is 9.10. The molecular weight excluding hydrogens is 323 g/mol. The molecule has 2 rings (SSSR count). The molecule has 0 unspecified atom stereocenters. The van der Waals surface area contributed by atoms with Crippen LogP contribution in [0.1, 0.15) is 11.7 Å². The molecule has 1 aromatic heterocycles. The van der Waals surface area contributed by atoms with Crippen LogP contribution >= 0.6 is 15.9 Å². The highest BCUT2D eigenvalue weighted by Crippen LogP contribution is 2.30. The maximum Gasteiger partial charge on any atom is 0.293 e. The lowest BCUT2D eigenvalue weighted by Crippen LogP contribution is -2.04. The van der Waals surface area contributed by atoms with Gasteiger partial charge in [-0.2, -0.15) is 4.98 Å². The first-order valence-electron chi connectivity index (χ1n) is 5.14. The monoisotopic (exact) mass is 330 g/mol. The molecule has 1 heterocycles. The Kier molecular flexibility index (Phi) is 3.74. The number of nitrogens with zero attached hydrogens (tertiary/aromatic N) is 3. The fraction of sp³-hybridized carbons (Fsp3) is 0.200. The quantitative estimate of drug-likeness (QED) is 0.684. The van der Waals surface area contributed by atoms with Crippen LogP contribution in [0.2, 0.25) is 0 Å². The van der Waals surface area contributed by atoms with Crippen LogP contribution in [0.5, 0.6) is 0 Å². The van der Waals surface area contributed by atoms with E-state index in [1.807, 2.05) is 0 Å². The lowest BCUT2D eigenvalue weighted by Gasteiger charge is -2.05. The van der Waals surface area contributed by atoms with E-state index in [0.29, 0.717) is 5.82 Å². The Balaban J connectivity index is 2.23. The van der Waals surface area contributed by atoms with Crippen LogP contribution in [-0.2, 0) is 6.54 Å². The van der Waals surface area contributed by atoms with Gasteiger partial charge < -0.3 is 9.84 Å². The molecule has 0 saturated heterocycles. The molecule has 9 heteroatoms. The lowest BCUT2D eigenvalue weighted by atomic mass is 10.2. The molecule has 0 spiro atoms. The van der Waals surface area contributed by atoms with Gasteiger partial charge in [0, 0.05) is 12.1 Å². The van der Waals surface area contributed by atoms with Crippen molar-refractivity contribution in [3.63, 3.8) is 0 Å². The van der Waals surface area contributed by atoms with Crippen molar-refractivity contribution in [3.8, 4) is 0 Å². The Bertz CT molecular complexity index is 631. The van der Waals surface area contributed by atoms with Gasteiger partial charge in [0.15, 0.2) is 5.82 Å². The summed E-state index contributed by atoms with van der Waals surface area (Å²) >= 11 is 2.90. The van der Waals surface area contributed by atoms with Crippen LogP contribution in [0, 0.1) is 22.9 Å². The zero-order chi connectivity index (χ0) is 14.0. The Morgan fingerprint density at radius 2 is 2.32 bits per heavy atom. The van der Waals surface area contributed by atoms with Crippen LogP contribution < -0.4 is 5.32 Å². The average Bonchev–Trinajstić information content (AvgIpc) is 2.76. The molecule has 0 bridgehead atoms. The van der Waals surface area contributed by atoms with Gasteiger partial charge in [-0.15, -0.1) is 0 Å². The van der Waals surface area contributed by atoms with Crippen LogP contribution in [0.25, 0.3) is 0 Å². The van der Waals surface area contributed by atoms with Crippen molar-refractivity contribution in [2.75, 3.05) is 5.32 Å². The van der Waals surface area contributed by atoms with Gasteiger partial charge in [-0.3, -0.25) is 10.1 Å². The molecule has 0 saturated carbocycles. The topological polar surface area (TPSA) is 94.1 Å². The number of aromatic nitrogens is 2. The van der Waals surface area contributed by atoms with Crippen molar-refractivity contribution in [1.29, 1.82) is 0 Å². The standard InChI is InChI=1S/C10H8BrFN4O3/c1-5-14-10(19-15-5)4-13-8-3-7(12)6(11)2-9(8)16(17)18/h2-3,13H,4H2,1H3. The van der Waals surface area contributed by atoms with Crippen LogP contribution in [0.4, 0.5) is 15.8 Å². The third kappa shape index (κ3) is 3.05. The van der Waals surface area contributed by atoms with E-state index in [2.05, 4.69) is 31.4 Å². The van der Waals surface area contributed by atoms with Crippen LogP contribution in [0.3, 0.4) is 0 Å². The van der Waals surface area contributed by atoms with E-state index in [4.69, 9.17) is 4.52 Å². The second-order valence-electron chi connectivity index (χ2n) is 3.63. The predicted molar refractivity (Wildman–Crippen MR) is 67.1 cm³/mol. The Hall–Kier alpha value is -2.03. The van der Waals surface area contributed by atoms with Gasteiger partial charge in [-0.1, -0.05) is 5.16 Å². The van der Waals surface area contributed by atoms with E-state index in [-0.39, 0.29) is 28.3 Å². The van der Waals surface area contributed by atoms with Crippen LogP contribution in [-0.4, -0.2) is 15.1 Å². The van der Waals surface area contributed by atoms with Crippen molar-refractivity contribution >= 4 is 27.3 Å². The minimum Gasteiger partial charge on any atom is -0.370 e. The molecule has 7 nitrogen and oxygen atoms in total. The summed E-state index contributed by atoms with van der Waals surface area (Å²) in [6, 6.07) is 2.13. The Morgan fingerprint density at radius 3 is 2.89 bits per heavy atom. The van der Waals surface area contributed by atoms with Gasteiger partial charge >= 0.3 is 0 Å². The van der Waals surface area contributed by atoms with Crippen molar-refractivity contribution in [3.05, 3.63) is 44.3 Å². The van der Waals surface area contributed by atoms with E-state index in [0.717, 1.165) is 12.1 Å². The number of nitro groups is 1. The normalized spacial score (nSPS) is 10.5. The zero-order valence-corrected chi connectivity index (χ0v) is 11.3. The number of aryl methyl sites for hydroxylation is 1. The number of nitro benzene ring substituents is 1. The van der Waals surface area contributed by atoms with Gasteiger partial charge in [0.2, 0.25) is 5.89 Å². The van der Waals surface area contributed by atoms with E-state index in [9.17, 15) is 14.5 Å². The number of nitrogens with one attached hydrogen (secondary N) is 1. The first kappa shape index (κ1) is 13.4. The molecule has 0 aliphatic heterocycles. The average molecular weight is 331 g/mol. The second-order valence-corrected chi connectivity index (χ2v) is 4.48. The van der Waals surface area contributed by atoms with E-state index >= 15 is 0 Å². The first-order valence-corrected chi connectivity index (χ1v) is 5.93. The van der Waals surface area contributed by atoms with E-state index in [1.54, 1.807) is 6.92 Å². The Morgan fingerprint density at radius 1 is 1.58 bits per heavy atom. The zero-order valence-electron chi connectivity index (χ0n) is 9.68. The summed E-state index contributed by atoms with van der Waals surface area (Å²) in [6.07, 6.45) is 0. The molecule has 1 aromatic carbocycles. The number of halogens is 2. The maximum atomic E-state index is 13.4.